The third-order valence-corrected chi connectivity index (χ3v) is 5.37. The van der Waals surface area contributed by atoms with Crippen LogP contribution in [0.3, 0.4) is 0 Å². The summed E-state index contributed by atoms with van der Waals surface area (Å²) in [5.41, 5.74) is 0. The van der Waals surface area contributed by atoms with Gasteiger partial charge in [-0.15, -0.1) is 11.3 Å². The number of amides is 1. The first-order chi connectivity index (χ1) is 8.66. The fourth-order valence-corrected chi connectivity index (χ4v) is 4.11. The van der Waals surface area contributed by atoms with Crippen LogP contribution >= 0.6 is 11.3 Å². The number of likely N-dealkylation sites (N-methyl/N-ethyl adjacent to an activating group) is 1. The molecule has 2 aliphatic rings. The summed E-state index contributed by atoms with van der Waals surface area (Å²) in [6.07, 6.45) is 6.69. The van der Waals surface area contributed by atoms with Crippen LogP contribution in [-0.2, 0) is 11.2 Å². The molecule has 2 atom stereocenters. The first-order valence-corrected chi connectivity index (χ1v) is 7.65. The van der Waals surface area contributed by atoms with Crippen molar-refractivity contribution in [2.45, 2.75) is 32.6 Å². The molecule has 98 valence electrons. The Morgan fingerprint density at radius 1 is 1.50 bits per heavy atom. The Kier molecular flexibility index (Phi) is 3.14. The molecule has 0 aromatic carbocycles. The number of hydrogen-bond acceptors (Lipinski definition) is 3. The van der Waals surface area contributed by atoms with Gasteiger partial charge in [-0.3, -0.25) is 4.79 Å². The standard InChI is InChI=1S/C14H20N2OS/c1-9-8-15-12(18-9)6-7-16(2)14(17)13-10-4-3-5-11(10)13/h8,10-11,13H,3-7H2,1-2H3/t10-,11-/m1/s1. The van der Waals surface area contributed by atoms with Crippen molar-refractivity contribution in [1.82, 2.24) is 9.88 Å². The van der Waals surface area contributed by atoms with Crippen LogP contribution in [0.25, 0.3) is 0 Å². The molecule has 0 spiro atoms. The average molecular weight is 264 g/mol. The van der Waals surface area contributed by atoms with E-state index in [1.54, 1.807) is 11.3 Å². The average Bonchev–Trinajstić information content (AvgIpc) is 2.73. The molecule has 0 bridgehead atoms. The lowest BCUT2D eigenvalue weighted by molar-refractivity contribution is -0.132. The molecule has 1 heterocycles. The van der Waals surface area contributed by atoms with Crippen LogP contribution in [0.1, 0.15) is 29.1 Å². The lowest BCUT2D eigenvalue weighted by Gasteiger charge is -2.17. The molecule has 0 aliphatic heterocycles. The van der Waals surface area contributed by atoms with Gasteiger partial charge in [0.05, 0.1) is 5.01 Å². The number of hydrogen-bond donors (Lipinski definition) is 0. The summed E-state index contributed by atoms with van der Waals surface area (Å²) < 4.78 is 0. The monoisotopic (exact) mass is 264 g/mol. The molecular formula is C14H20N2OS. The quantitative estimate of drug-likeness (QED) is 0.837. The minimum atomic E-state index is 0.363. The number of carbonyl (C=O) groups excluding carboxylic acids is 1. The molecule has 0 radical (unpaired) electrons. The third-order valence-electron chi connectivity index (χ3n) is 4.40. The van der Waals surface area contributed by atoms with Gasteiger partial charge in [-0.25, -0.2) is 4.98 Å². The zero-order valence-electron chi connectivity index (χ0n) is 11.1. The van der Waals surface area contributed by atoms with E-state index in [1.807, 2.05) is 18.1 Å². The van der Waals surface area contributed by atoms with E-state index in [2.05, 4.69) is 11.9 Å². The van der Waals surface area contributed by atoms with Crippen LogP contribution in [0.4, 0.5) is 0 Å². The second-order valence-electron chi connectivity index (χ2n) is 5.66. The number of thiazole rings is 1. The molecule has 2 fully saturated rings. The Bertz CT molecular complexity index is 446. The van der Waals surface area contributed by atoms with Crippen LogP contribution in [0, 0.1) is 24.7 Å². The largest absolute Gasteiger partial charge is 0.345 e. The Hall–Kier alpha value is -0.900. The molecular weight excluding hydrogens is 244 g/mol. The van der Waals surface area contributed by atoms with Crippen molar-refractivity contribution in [3.63, 3.8) is 0 Å². The van der Waals surface area contributed by atoms with E-state index in [9.17, 15) is 4.79 Å². The van der Waals surface area contributed by atoms with E-state index in [1.165, 1.54) is 24.1 Å². The molecule has 0 saturated heterocycles. The molecule has 18 heavy (non-hydrogen) atoms. The summed E-state index contributed by atoms with van der Waals surface area (Å²) in [5, 5.41) is 1.14. The maximum atomic E-state index is 12.3. The lowest BCUT2D eigenvalue weighted by atomic mass is 10.1. The summed E-state index contributed by atoms with van der Waals surface area (Å²) in [6.45, 7) is 2.88. The van der Waals surface area contributed by atoms with E-state index in [4.69, 9.17) is 0 Å². The molecule has 1 amide bonds. The number of carbonyl (C=O) groups is 1. The first-order valence-electron chi connectivity index (χ1n) is 6.83. The molecule has 3 rings (SSSR count). The van der Waals surface area contributed by atoms with E-state index < -0.39 is 0 Å². The van der Waals surface area contributed by atoms with Gasteiger partial charge in [0, 0.05) is 37.0 Å². The summed E-state index contributed by atoms with van der Waals surface area (Å²) in [6, 6.07) is 0. The predicted octanol–water partition coefficient (Wildman–Crippen LogP) is 2.50. The van der Waals surface area contributed by atoms with E-state index >= 15 is 0 Å². The minimum Gasteiger partial charge on any atom is -0.345 e. The molecule has 2 aliphatic carbocycles. The number of fused-ring (bicyclic) bond motifs is 1. The Balaban J connectivity index is 1.49. The summed E-state index contributed by atoms with van der Waals surface area (Å²) >= 11 is 1.73. The van der Waals surface area contributed by atoms with E-state index in [0.29, 0.717) is 11.8 Å². The molecule has 3 nitrogen and oxygen atoms in total. The van der Waals surface area contributed by atoms with Crippen molar-refractivity contribution in [3.05, 3.63) is 16.1 Å². The van der Waals surface area contributed by atoms with Gasteiger partial charge in [-0.1, -0.05) is 6.42 Å². The SMILES string of the molecule is Cc1cnc(CCN(C)C(=O)C2[C@@H]3CCC[C@@H]23)s1. The molecule has 2 saturated carbocycles. The highest BCUT2D eigenvalue weighted by atomic mass is 32.1. The Morgan fingerprint density at radius 2 is 2.22 bits per heavy atom. The maximum Gasteiger partial charge on any atom is 0.226 e. The topological polar surface area (TPSA) is 33.2 Å². The minimum absolute atomic E-state index is 0.363. The highest BCUT2D eigenvalue weighted by molar-refractivity contribution is 7.11. The Morgan fingerprint density at radius 3 is 2.83 bits per heavy atom. The van der Waals surface area contributed by atoms with Gasteiger partial charge in [0.15, 0.2) is 0 Å². The third kappa shape index (κ3) is 2.18. The number of aryl methyl sites for hydroxylation is 1. The van der Waals surface area contributed by atoms with Crippen LogP contribution in [0.5, 0.6) is 0 Å². The smallest absolute Gasteiger partial charge is 0.226 e. The maximum absolute atomic E-state index is 12.3. The van der Waals surface area contributed by atoms with Crippen molar-refractivity contribution >= 4 is 17.2 Å². The summed E-state index contributed by atoms with van der Waals surface area (Å²) in [7, 11) is 1.94. The van der Waals surface area contributed by atoms with Crippen LogP contribution in [0.2, 0.25) is 0 Å². The molecule has 0 unspecified atom stereocenters. The first kappa shape index (κ1) is 12.2. The van der Waals surface area contributed by atoms with Crippen molar-refractivity contribution in [3.8, 4) is 0 Å². The predicted molar refractivity (Wildman–Crippen MR) is 72.5 cm³/mol. The fraction of sp³-hybridized carbons (Fsp3) is 0.714. The van der Waals surface area contributed by atoms with Crippen molar-refractivity contribution in [2.24, 2.45) is 17.8 Å². The zero-order valence-corrected chi connectivity index (χ0v) is 11.9. The number of aromatic nitrogens is 1. The van der Waals surface area contributed by atoms with Gasteiger partial charge in [0.25, 0.3) is 0 Å². The molecule has 0 N–H and O–H groups in total. The summed E-state index contributed by atoms with van der Waals surface area (Å²) in [5.74, 6) is 2.18. The molecule has 4 heteroatoms. The fourth-order valence-electron chi connectivity index (χ4n) is 3.33. The van der Waals surface area contributed by atoms with Gasteiger partial charge in [-0.2, -0.15) is 0 Å². The van der Waals surface area contributed by atoms with Gasteiger partial charge in [0.1, 0.15) is 0 Å². The highest BCUT2D eigenvalue weighted by Gasteiger charge is 2.57. The van der Waals surface area contributed by atoms with Crippen LogP contribution in [0.15, 0.2) is 6.20 Å². The van der Waals surface area contributed by atoms with Crippen molar-refractivity contribution < 1.29 is 4.79 Å². The number of rotatable bonds is 4. The zero-order chi connectivity index (χ0) is 12.7. The van der Waals surface area contributed by atoms with Crippen molar-refractivity contribution in [2.75, 3.05) is 13.6 Å². The number of nitrogens with zero attached hydrogens (tertiary/aromatic N) is 2. The Labute approximate surface area is 112 Å². The second-order valence-corrected chi connectivity index (χ2v) is 6.98. The van der Waals surface area contributed by atoms with Gasteiger partial charge >= 0.3 is 0 Å². The molecule has 1 aromatic heterocycles. The summed E-state index contributed by atoms with van der Waals surface area (Å²) in [4.78, 5) is 19.8. The van der Waals surface area contributed by atoms with E-state index in [0.717, 1.165) is 29.8 Å². The van der Waals surface area contributed by atoms with Gasteiger partial charge < -0.3 is 4.90 Å². The van der Waals surface area contributed by atoms with Gasteiger partial charge in [0.2, 0.25) is 5.91 Å². The normalized spacial score (nSPS) is 29.1. The highest BCUT2D eigenvalue weighted by Crippen LogP contribution is 2.57. The van der Waals surface area contributed by atoms with Gasteiger partial charge in [-0.05, 0) is 31.6 Å². The van der Waals surface area contributed by atoms with Crippen LogP contribution < -0.4 is 0 Å². The van der Waals surface area contributed by atoms with Crippen molar-refractivity contribution in [1.29, 1.82) is 0 Å². The van der Waals surface area contributed by atoms with E-state index in [-0.39, 0.29) is 0 Å². The lowest BCUT2D eigenvalue weighted by Crippen LogP contribution is -2.31. The second kappa shape index (κ2) is 4.65. The van der Waals surface area contributed by atoms with Crippen LogP contribution in [-0.4, -0.2) is 29.4 Å². The molecule has 1 aromatic rings.